The number of benzene rings is 1. The molecule has 1 aromatic carbocycles. The van der Waals surface area contributed by atoms with E-state index in [1.807, 2.05) is 6.08 Å². The Hall–Kier alpha value is -0.990. The maximum absolute atomic E-state index is 10.9. The molecule has 1 aliphatic heterocycles. The first kappa shape index (κ1) is 19.8. The third-order valence-corrected chi connectivity index (χ3v) is 5.58. The van der Waals surface area contributed by atoms with Crippen LogP contribution in [0.2, 0.25) is 5.02 Å². The van der Waals surface area contributed by atoms with Crippen LogP contribution in [0.4, 0.5) is 0 Å². The summed E-state index contributed by atoms with van der Waals surface area (Å²) in [5, 5.41) is 51.0. The van der Waals surface area contributed by atoms with Crippen molar-refractivity contribution in [3.8, 4) is 0 Å². The zero-order valence-electron chi connectivity index (χ0n) is 14.4. The van der Waals surface area contributed by atoms with E-state index < -0.39 is 36.8 Å². The molecule has 5 atom stereocenters. The Kier molecular flexibility index (Phi) is 6.04. The van der Waals surface area contributed by atoms with Crippen LogP contribution in [-0.2, 0) is 10.5 Å². The molecule has 0 amide bonds. The number of halogens is 1. The minimum atomic E-state index is -2.27. The molecular weight excluding hydrogens is 360 g/mol. The van der Waals surface area contributed by atoms with E-state index >= 15 is 0 Å². The molecule has 2 fully saturated rings. The van der Waals surface area contributed by atoms with E-state index in [9.17, 15) is 25.5 Å². The SMILES string of the molecule is OC[C@H]1O[C@](O)(c2ccc(Cl)c(C=C3CCCCC3)c2)[C@H](O)[C@@H](O)[C@@H]1O. The normalized spacial score (nSPS) is 35.4. The highest BCUT2D eigenvalue weighted by Gasteiger charge is 2.53. The van der Waals surface area contributed by atoms with Gasteiger partial charge in [-0.25, -0.2) is 0 Å². The van der Waals surface area contributed by atoms with Gasteiger partial charge in [-0.2, -0.15) is 0 Å². The molecule has 0 spiro atoms. The zero-order valence-corrected chi connectivity index (χ0v) is 15.1. The van der Waals surface area contributed by atoms with Gasteiger partial charge in [-0.15, -0.1) is 0 Å². The van der Waals surface area contributed by atoms with Crippen molar-refractivity contribution in [1.82, 2.24) is 0 Å². The molecule has 5 N–H and O–H groups in total. The largest absolute Gasteiger partial charge is 0.394 e. The summed E-state index contributed by atoms with van der Waals surface area (Å²) in [6.07, 6.45) is 1.29. The second kappa shape index (κ2) is 7.94. The molecule has 3 rings (SSSR count). The molecule has 1 heterocycles. The fraction of sp³-hybridized carbons (Fsp3) is 0.579. The molecule has 1 saturated heterocycles. The maximum Gasteiger partial charge on any atom is 0.222 e. The number of hydrogen-bond donors (Lipinski definition) is 5. The van der Waals surface area contributed by atoms with Gasteiger partial charge in [0.1, 0.15) is 24.4 Å². The summed E-state index contributed by atoms with van der Waals surface area (Å²) in [6, 6.07) is 4.69. The molecule has 0 aromatic heterocycles. The smallest absolute Gasteiger partial charge is 0.222 e. The van der Waals surface area contributed by atoms with Crippen molar-refractivity contribution in [2.24, 2.45) is 0 Å². The summed E-state index contributed by atoms with van der Waals surface area (Å²) in [6.45, 7) is -0.613. The second-order valence-corrected chi connectivity index (χ2v) is 7.47. The molecule has 2 aliphatic rings. The first-order valence-corrected chi connectivity index (χ1v) is 9.29. The van der Waals surface area contributed by atoms with Gasteiger partial charge < -0.3 is 30.3 Å². The number of allylic oxidation sites excluding steroid dienone is 1. The third kappa shape index (κ3) is 3.68. The van der Waals surface area contributed by atoms with Crippen molar-refractivity contribution in [2.75, 3.05) is 6.61 Å². The number of rotatable bonds is 3. The van der Waals surface area contributed by atoms with Crippen molar-refractivity contribution in [3.05, 3.63) is 39.9 Å². The lowest BCUT2D eigenvalue weighted by Gasteiger charge is -2.45. The average Bonchev–Trinajstić information content (AvgIpc) is 2.65. The summed E-state index contributed by atoms with van der Waals surface area (Å²) in [5.74, 6) is -2.27. The standard InChI is InChI=1S/C19H25ClO6/c20-14-7-6-13(9-12(14)8-11-4-2-1-3-5-11)19(25)18(24)17(23)16(22)15(10-21)26-19/h6-9,15-18,21-25H,1-5,10H2/t15-,16-,17+,18-,19-/m1/s1. The first-order valence-electron chi connectivity index (χ1n) is 8.91. The van der Waals surface area contributed by atoms with Crippen LogP contribution >= 0.6 is 11.6 Å². The lowest BCUT2D eigenvalue weighted by atomic mass is 9.87. The molecule has 144 valence electrons. The first-order chi connectivity index (χ1) is 12.4. The monoisotopic (exact) mass is 384 g/mol. The van der Waals surface area contributed by atoms with Crippen LogP contribution in [0.3, 0.4) is 0 Å². The summed E-state index contributed by atoms with van der Waals surface area (Å²) < 4.78 is 5.37. The predicted molar refractivity (Wildman–Crippen MR) is 96.4 cm³/mol. The molecule has 6 nitrogen and oxygen atoms in total. The summed E-state index contributed by atoms with van der Waals surface area (Å²) in [5.41, 5.74) is 2.16. The van der Waals surface area contributed by atoms with Crippen molar-refractivity contribution >= 4 is 17.7 Å². The number of aliphatic hydroxyl groups is 5. The fourth-order valence-corrected chi connectivity index (χ4v) is 3.81. The number of aliphatic hydroxyl groups excluding tert-OH is 4. The Balaban J connectivity index is 1.96. The van der Waals surface area contributed by atoms with Crippen LogP contribution in [0.5, 0.6) is 0 Å². The van der Waals surface area contributed by atoms with E-state index in [0.29, 0.717) is 10.6 Å². The van der Waals surface area contributed by atoms with Gasteiger partial charge in [-0.3, -0.25) is 0 Å². The van der Waals surface area contributed by atoms with Gasteiger partial charge in [0.15, 0.2) is 0 Å². The molecule has 0 radical (unpaired) electrons. The molecule has 0 unspecified atom stereocenters. The highest BCUT2D eigenvalue weighted by atomic mass is 35.5. The lowest BCUT2D eigenvalue weighted by molar-refractivity contribution is -0.357. The Morgan fingerprint density at radius 2 is 1.81 bits per heavy atom. The number of ether oxygens (including phenoxy) is 1. The molecule has 0 bridgehead atoms. The van der Waals surface area contributed by atoms with E-state index in [2.05, 4.69) is 0 Å². The minimum Gasteiger partial charge on any atom is -0.394 e. The van der Waals surface area contributed by atoms with Gasteiger partial charge in [0.05, 0.1) is 6.61 Å². The van der Waals surface area contributed by atoms with Crippen molar-refractivity contribution in [1.29, 1.82) is 0 Å². The molecule has 7 heteroatoms. The Morgan fingerprint density at radius 1 is 1.12 bits per heavy atom. The van der Waals surface area contributed by atoms with Crippen LogP contribution in [0, 0.1) is 0 Å². The van der Waals surface area contributed by atoms with Gasteiger partial charge in [0.25, 0.3) is 0 Å². The van der Waals surface area contributed by atoms with E-state index in [4.69, 9.17) is 16.3 Å². The fourth-order valence-electron chi connectivity index (χ4n) is 3.64. The summed E-state index contributed by atoms with van der Waals surface area (Å²) in [4.78, 5) is 0. The number of hydrogen-bond acceptors (Lipinski definition) is 6. The van der Waals surface area contributed by atoms with Crippen molar-refractivity contribution in [2.45, 2.75) is 62.3 Å². The highest BCUT2D eigenvalue weighted by molar-refractivity contribution is 6.32. The van der Waals surface area contributed by atoms with E-state index in [0.717, 1.165) is 25.7 Å². The van der Waals surface area contributed by atoms with Gasteiger partial charge in [0, 0.05) is 10.6 Å². The van der Waals surface area contributed by atoms with Crippen LogP contribution in [0.25, 0.3) is 6.08 Å². The molecular formula is C19H25ClO6. The van der Waals surface area contributed by atoms with Gasteiger partial charge in [0.2, 0.25) is 5.79 Å². The Labute approximate surface area is 157 Å². The van der Waals surface area contributed by atoms with E-state index in [-0.39, 0.29) is 5.56 Å². The quantitative estimate of drug-likeness (QED) is 0.537. The van der Waals surface area contributed by atoms with Crippen molar-refractivity contribution in [3.63, 3.8) is 0 Å². The summed E-state index contributed by atoms with van der Waals surface area (Å²) >= 11 is 6.29. The maximum atomic E-state index is 10.9. The van der Waals surface area contributed by atoms with E-state index in [1.165, 1.54) is 18.1 Å². The summed E-state index contributed by atoms with van der Waals surface area (Å²) in [7, 11) is 0. The lowest BCUT2D eigenvalue weighted by Crippen LogP contribution is -2.63. The average molecular weight is 385 g/mol. The highest BCUT2D eigenvalue weighted by Crippen LogP contribution is 2.38. The molecule has 1 saturated carbocycles. The van der Waals surface area contributed by atoms with Crippen LogP contribution in [0.1, 0.15) is 43.2 Å². The minimum absolute atomic E-state index is 0.196. The predicted octanol–water partition coefficient (Wildman–Crippen LogP) is 1.31. The van der Waals surface area contributed by atoms with Gasteiger partial charge >= 0.3 is 0 Å². The topological polar surface area (TPSA) is 110 Å². The molecule has 1 aromatic rings. The third-order valence-electron chi connectivity index (χ3n) is 5.23. The van der Waals surface area contributed by atoms with Crippen molar-refractivity contribution < 1.29 is 30.3 Å². The Morgan fingerprint density at radius 3 is 2.46 bits per heavy atom. The van der Waals surface area contributed by atoms with Crippen LogP contribution in [-0.4, -0.2) is 56.6 Å². The van der Waals surface area contributed by atoms with Crippen LogP contribution in [0.15, 0.2) is 23.8 Å². The van der Waals surface area contributed by atoms with Crippen LogP contribution < -0.4 is 0 Å². The van der Waals surface area contributed by atoms with E-state index in [1.54, 1.807) is 12.1 Å². The Bertz CT molecular complexity index is 668. The molecule has 26 heavy (non-hydrogen) atoms. The zero-order chi connectivity index (χ0) is 18.9. The molecule has 1 aliphatic carbocycles. The van der Waals surface area contributed by atoms with Gasteiger partial charge in [-0.1, -0.05) is 35.7 Å². The van der Waals surface area contributed by atoms with Gasteiger partial charge in [-0.05, 0) is 43.4 Å². The second-order valence-electron chi connectivity index (χ2n) is 7.06.